The van der Waals surface area contributed by atoms with Crippen molar-refractivity contribution in [3.8, 4) is 17.1 Å². The molecule has 3 aromatic rings. The number of carbonyl (C=O) groups excluding carboxylic acids is 1. The monoisotopic (exact) mass is 550 g/mol. The van der Waals surface area contributed by atoms with Crippen LogP contribution in [0.4, 0.5) is 35.4 Å². The molecule has 0 spiro atoms. The maximum absolute atomic E-state index is 13.4. The first-order chi connectivity index (χ1) is 18.1. The first-order valence-electron chi connectivity index (χ1n) is 11.6. The molecule has 5 rings (SSSR count). The Bertz CT molecular complexity index is 1360. The van der Waals surface area contributed by atoms with Crippen molar-refractivity contribution in [2.75, 3.05) is 41.4 Å². The van der Waals surface area contributed by atoms with Gasteiger partial charge >= 0.3 is 12.2 Å². The summed E-state index contributed by atoms with van der Waals surface area (Å²) in [4.78, 5) is 29.6. The number of alkyl halides is 3. The summed E-state index contributed by atoms with van der Waals surface area (Å²) < 4.78 is 45.2. The van der Waals surface area contributed by atoms with Gasteiger partial charge in [0, 0.05) is 30.9 Å². The highest BCUT2D eigenvalue weighted by molar-refractivity contribution is 6.33. The number of carbonyl (C=O) groups is 1. The number of aliphatic hydroxyl groups excluding tert-OH is 2. The second-order valence-electron chi connectivity index (χ2n) is 8.79. The molecule has 2 aliphatic rings. The van der Waals surface area contributed by atoms with E-state index in [-0.39, 0.29) is 46.6 Å². The van der Waals surface area contributed by atoms with Gasteiger partial charge in [0.25, 0.3) is 0 Å². The number of nitrogens with zero attached hydrogens (tertiary/aromatic N) is 5. The highest BCUT2D eigenvalue weighted by Crippen LogP contribution is 2.43. The largest absolute Gasteiger partial charge is 0.475 e. The number of rotatable bonds is 6. The molecular weight excluding hydrogens is 529 g/mol. The van der Waals surface area contributed by atoms with E-state index in [4.69, 9.17) is 21.4 Å². The minimum Gasteiger partial charge on any atom is -0.475 e. The summed E-state index contributed by atoms with van der Waals surface area (Å²) in [5, 5.41) is 21.2. The zero-order valence-corrected chi connectivity index (χ0v) is 20.4. The van der Waals surface area contributed by atoms with Crippen molar-refractivity contribution in [2.45, 2.75) is 24.7 Å². The SMILES string of the molecule is O=C(Nc1nccc(OC[C@H](O)CO)n1)N1c2nc(-c3cccc(C(F)(F)F)c3)c(Cl)cc2N2CC[C@H]1C2. The number of anilines is 3. The number of nitrogens with one attached hydrogen (secondary N) is 1. The Balaban J connectivity index is 1.46. The highest BCUT2D eigenvalue weighted by atomic mass is 35.5. The van der Waals surface area contributed by atoms with Gasteiger partial charge in [-0.1, -0.05) is 23.7 Å². The summed E-state index contributed by atoms with van der Waals surface area (Å²) in [6.07, 6.45) is -3.64. The summed E-state index contributed by atoms with van der Waals surface area (Å²) in [5.74, 6) is 0.261. The number of amides is 2. The lowest BCUT2D eigenvalue weighted by Gasteiger charge is -2.36. The van der Waals surface area contributed by atoms with Crippen molar-refractivity contribution >= 4 is 35.1 Å². The number of aromatic nitrogens is 3. The van der Waals surface area contributed by atoms with E-state index in [2.05, 4.69) is 20.3 Å². The average molecular weight is 551 g/mol. The number of urea groups is 1. The fourth-order valence-electron chi connectivity index (χ4n) is 4.40. The van der Waals surface area contributed by atoms with Crippen LogP contribution >= 0.6 is 11.6 Å². The second kappa shape index (κ2) is 10.2. The molecule has 1 fully saturated rings. The Hall–Kier alpha value is -3.68. The van der Waals surface area contributed by atoms with Crippen molar-refractivity contribution in [1.29, 1.82) is 0 Å². The van der Waals surface area contributed by atoms with Crippen molar-refractivity contribution in [3.05, 3.63) is 53.2 Å². The maximum Gasteiger partial charge on any atom is 0.416 e. The topological polar surface area (TPSA) is 124 Å². The Morgan fingerprint density at radius 2 is 2.08 bits per heavy atom. The molecule has 3 N–H and O–H groups in total. The Morgan fingerprint density at radius 3 is 2.84 bits per heavy atom. The molecule has 200 valence electrons. The zero-order chi connectivity index (χ0) is 27.0. The number of pyridine rings is 1. The third-order valence-electron chi connectivity index (χ3n) is 6.20. The van der Waals surface area contributed by atoms with Gasteiger partial charge in [0.1, 0.15) is 12.7 Å². The molecule has 1 saturated heterocycles. The van der Waals surface area contributed by atoms with Gasteiger partial charge < -0.3 is 19.8 Å². The van der Waals surface area contributed by atoms with Gasteiger partial charge in [-0.05, 0) is 24.6 Å². The molecule has 2 aromatic heterocycles. The van der Waals surface area contributed by atoms with Crippen LogP contribution in [0.1, 0.15) is 12.0 Å². The number of hydrogen-bond acceptors (Lipinski definition) is 8. The van der Waals surface area contributed by atoms with Crippen molar-refractivity contribution < 1.29 is 32.9 Å². The lowest BCUT2D eigenvalue weighted by molar-refractivity contribution is -0.137. The van der Waals surface area contributed by atoms with Crippen molar-refractivity contribution in [1.82, 2.24) is 15.0 Å². The lowest BCUT2D eigenvalue weighted by Crippen LogP contribution is -2.48. The summed E-state index contributed by atoms with van der Waals surface area (Å²) in [7, 11) is 0. The predicted molar refractivity (Wildman–Crippen MR) is 132 cm³/mol. The van der Waals surface area contributed by atoms with Crippen LogP contribution in [0.5, 0.6) is 5.88 Å². The third kappa shape index (κ3) is 5.17. The van der Waals surface area contributed by atoms with Gasteiger partial charge in [0.2, 0.25) is 11.8 Å². The van der Waals surface area contributed by atoms with E-state index in [9.17, 15) is 23.1 Å². The smallest absolute Gasteiger partial charge is 0.416 e. The van der Waals surface area contributed by atoms with Gasteiger partial charge in [0.05, 0.1) is 34.6 Å². The summed E-state index contributed by atoms with van der Waals surface area (Å²) >= 11 is 6.48. The molecule has 2 aliphatic heterocycles. The molecule has 0 aliphatic carbocycles. The van der Waals surface area contributed by atoms with Crippen LogP contribution in [0.3, 0.4) is 0 Å². The Kier molecular flexibility index (Phi) is 6.99. The second-order valence-corrected chi connectivity index (χ2v) is 9.20. The molecule has 4 heterocycles. The molecule has 0 unspecified atom stereocenters. The minimum absolute atomic E-state index is 0.0694. The molecule has 2 amide bonds. The molecule has 0 radical (unpaired) electrons. The quantitative estimate of drug-likeness (QED) is 0.425. The van der Waals surface area contributed by atoms with E-state index in [1.165, 1.54) is 29.3 Å². The standard InChI is InChI=1S/C24H22ClF3N6O4/c25-17-9-18-21(31-20(17)13-2-1-3-14(8-13)24(26,27)28)34(15-5-7-33(18)10-15)23(37)32-22-29-6-4-19(30-22)38-12-16(36)11-35/h1-4,6,8-9,15-16,35-36H,5,7,10-12H2,(H,29,30,32,37)/t15-,16+/m0/s1. The molecule has 0 saturated carbocycles. The number of halogens is 4. The van der Waals surface area contributed by atoms with Crippen LogP contribution in [0.2, 0.25) is 5.02 Å². The van der Waals surface area contributed by atoms with Gasteiger partial charge in [-0.15, -0.1) is 0 Å². The molecule has 2 atom stereocenters. The number of ether oxygens (including phenoxy) is 1. The summed E-state index contributed by atoms with van der Waals surface area (Å²) in [6.45, 7) is 0.488. The molecule has 2 bridgehead atoms. The highest BCUT2D eigenvalue weighted by Gasteiger charge is 2.41. The van der Waals surface area contributed by atoms with Crippen molar-refractivity contribution in [2.24, 2.45) is 0 Å². The number of benzene rings is 1. The van der Waals surface area contributed by atoms with Gasteiger partial charge in [0.15, 0.2) is 5.82 Å². The molecule has 14 heteroatoms. The fraction of sp³-hybridized carbons (Fsp3) is 0.333. The van der Waals surface area contributed by atoms with Crippen LogP contribution in [-0.2, 0) is 6.18 Å². The van der Waals surface area contributed by atoms with Gasteiger partial charge in [-0.3, -0.25) is 10.2 Å². The van der Waals surface area contributed by atoms with E-state index in [0.717, 1.165) is 12.1 Å². The summed E-state index contributed by atoms with van der Waals surface area (Å²) in [6, 6.07) is 6.89. The summed E-state index contributed by atoms with van der Waals surface area (Å²) in [5.41, 5.74) is 0.0328. The first kappa shape index (κ1) is 25.9. The zero-order valence-electron chi connectivity index (χ0n) is 19.7. The Morgan fingerprint density at radius 1 is 1.26 bits per heavy atom. The van der Waals surface area contributed by atoms with E-state index < -0.39 is 30.5 Å². The number of aliphatic hydroxyl groups is 2. The average Bonchev–Trinajstić information content (AvgIpc) is 3.31. The fourth-order valence-corrected chi connectivity index (χ4v) is 4.66. The van der Waals surface area contributed by atoms with E-state index in [1.807, 2.05) is 4.90 Å². The van der Waals surface area contributed by atoms with E-state index >= 15 is 0 Å². The molecule has 10 nitrogen and oxygen atoms in total. The van der Waals surface area contributed by atoms with E-state index in [0.29, 0.717) is 25.2 Å². The molecule has 1 aromatic carbocycles. The molecule has 38 heavy (non-hydrogen) atoms. The first-order valence-corrected chi connectivity index (χ1v) is 12.0. The van der Waals surface area contributed by atoms with Crippen LogP contribution in [0.25, 0.3) is 11.3 Å². The van der Waals surface area contributed by atoms with E-state index in [1.54, 1.807) is 6.07 Å². The predicted octanol–water partition coefficient (Wildman–Crippen LogP) is 3.57. The van der Waals surface area contributed by atoms with Crippen LogP contribution < -0.4 is 19.9 Å². The minimum atomic E-state index is -4.54. The van der Waals surface area contributed by atoms with Crippen LogP contribution in [-0.4, -0.2) is 69.6 Å². The van der Waals surface area contributed by atoms with Crippen LogP contribution in [0, 0.1) is 0 Å². The lowest BCUT2D eigenvalue weighted by atomic mass is 10.1. The maximum atomic E-state index is 13.4. The van der Waals surface area contributed by atoms with Gasteiger partial charge in [-0.25, -0.2) is 14.8 Å². The normalized spacial score (nSPS) is 17.3. The Labute approximate surface area is 219 Å². The van der Waals surface area contributed by atoms with Gasteiger partial charge in [-0.2, -0.15) is 18.2 Å². The van der Waals surface area contributed by atoms with Crippen molar-refractivity contribution in [3.63, 3.8) is 0 Å². The third-order valence-corrected chi connectivity index (χ3v) is 6.49. The number of fused-ring (bicyclic) bond motifs is 4. The molecular formula is C24H22ClF3N6O4. The van der Waals surface area contributed by atoms with Crippen LogP contribution in [0.15, 0.2) is 42.6 Å². The number of hydrogen-bond donors (Lipinski definition) is 3.